The molecule has 0 fully saturated rings. The Morgan fingerprint density at radius 3 is 2.38 bits per heavy atom. The molecule has 0 aliphatic heterocycles. The first-order chi connectivity index (χ1) is 12.2. The van der Waals surface area contributed by atoms with Crippen LogP contribution in [0.3, 0.4) is 0 Å². The predicted molar refractivity (Wildman–Crippen MR) is 102 cm³/mol. The Bertz CT molecular complexity index is 804. The van der Waals surface area contributed by atoms with E-state index in [1.54, 1.807) is 51.1 Å². The van der Waals surface area contributed by atoms with Crippen LogP contribution in [0.15, 0.2) is 42.5 Å². The summed E-state index contributed by atoms with van der Waals surface area (Å²) in [5.74, 6) is -1.09. The molecule has 2 aromatic rings. The number of rotatable bonds is 6. The molecule has 0 radical (unpaired) electrons. The lowest BCUT2D eigenvalue weighted by molar-refractivity contribution is -0.138. The minimum absolute atomic E-state index is 0.299. The molecule has 2 amide bonds. The van der Waals surface area contributed by atoms with Crippen molar-refractivity contribution < 1.29 is 14.0 Å². The second-order valence-electron chi connectivity index (χ2n) is 6.62. The number of benzene rings is 2. The smallest absolute Gasteiger partial charge is 0.239 e. The highest BCUT2D eigenvalue weighted by Gasteiger charge is 2.36. The molecule has 0 saturated heterocycles. The van der Waals surface area contributed by atoms with Crippen LogP contribution in [0.4, 0.5) is 10.1 Å². The van der Waals surface area contributed by atoms with E-state index in [9.17, 15) is 14.0 Å². The van der Waals surface area contributed by atoms with Gasteiger partial charge in [0, 0.05) is 17.3 Å². The molecule has 0 bridgehead atoms. The van der Waals surface area contributed by atoms with Gasteiger partial charge >= 0.3 is 0 Å². The van der Waals surface area contributed by atoms with Crippen LogP contribution >= 0.6 is 11.6 Å². The van der Waals surface area contributed by atoms with Crippen molar-refractivity contribution in [1.29, 1.82) is 0 Å². The number of amides is 2. The van der Waals surface area contributed by atoms with Crippen LogP contribution in [-0.2, 0) is 16.0 Å². The van der Waals surface area contributed by atoms with E-state index in [0.29, 0.717) is 23.7 Å². The van der Waals surface area contributed by atoms with Crippen LogP contribution < -0.4 is 10.6 Å². The minimum atomic E-state index is -1.25. The molecule has 2 aromatic carbocycles. The minimum Gasteiger partial charge on any atom is -0.355 e. The van der Waals surface area contributed by atoms with Crippen molar-refractivity contribution in [2.45, 2.75) is 27.2 Å². The zero-order valence-electron chi connectivity index (χ0n) is 15.0. The van der Waals surface area contributed by atoms with Crippen molar-refractivity contribution in [3.63, 3.8) is 0 Å². The van der Waals surface area contributed by atoms with Crippen LogP contribution in [0.1, 0.15) is 25.0 Å². The summed E-state index contributed by atoms with van der Waals surface area (Å²) < 4.78 is 12.9. The Hall–Kier alpha value is -2.40. The molecule has 138 valence electrons. The first-order valence-electron chi connectivity index (χ1n) is 8.31. The van der Waals surface area contributed by atoms with Crippen molar-refractivity contribution in [2.24, 2.45) is 5.41 Å². The Kier molecular flexibility index (Phi) is 6.37. The van der Waals surface area contributed by atoms with E-state index in [1.807, 2.05) is 0 Å². The normalized spacial score (nSPS) is 11.1. The molecule has 0 aliphatic carbocycles. The largest absolute Gasteiger partial charge is 0.355 e. The highest BCUT2D eigenvalue weighted by Crippen LogP contribution is 2.25. The lowest BCUT2D eigenvalue weighted by atomic mass is 9.90. The molecular weight excluding hydrogens is 355 g/mol. The molecule has 0 atom stereocenters. The zero-order valence-corrected chi connectivity index (χ0v) is 15.8. The second kappa shape index (κ2) is 8.32. The Balaban J connectivity index is 1.94. The molecule has 2 rings (SSSR count). The molecule has 26 heavy (non-hydrogen) atoms. The summed E-state index contributed by atoms with van der Waals surface area (Å²) in [5.41, 5.74) is 0.977. The van der Waals surface area contributed by atoms with Gasteiger partial charge in [-0.25, -0.2) is 4.39 Å². The van der Waals surface area contributed by atoms with E-state index in [0.717, 1.165) is 11.1 Å². The number of carbonyl (C=O) groups excluding carboxylic acids is 2. The van der Waals surface area contributed by atoms with Gasteiger partial charge in [0.25, 0.3) is 0 Å². The standard InChI is InChI=1S/C20H22ClFN2O2/c1-13-16(21)5-4-6-17(13)24-19(26)20(2,3)18(25)23-12-11-14-7-9-15(22)10-8-14/h4-10H,11-12H2,1-3H3,(H,23,25)(H,24,26). The molecule has 2 N–H and O–H groups in total. The van der Waals surface area contributed by atoms with Crippen LogP contribution in [0.25, 0.3) is 0 Å². The highest BCUT2D eigenvalue weighted by atomic mass is 35.5. The van der Waals surface area contributed by atoms with Crippen molar-refractivity contribution in [2.75, 3.05) is 11.9 Å². The average molecular weight is 377 g/mol. The van der Waals surface area contributed by atoms with Crippen molar-refractivity contribution in [1.82, 2.24) is 5.32 Å². The van der Waals surface area contributed by atoms with Crippen LogP contribution in [0, 0.1) is 18.2 Å². The summed E-state index contributed by atoms with van der Waals surface area (Å²) in [6, 6.07) is 11.3. The molecule has 0 spiro atoms. The molecule has 0 aromatic heterocycles. The molecular formula is C20H22ClFN2O2. The fourth-order valence-electron chi connectivity index (χ4n) is 2.32. The molecule has 6 heteroatoms. The van der Waals surface area contributed by atoms with E-state index in [1.165, 1.54) is 12.1 Å². The maximum atomic E-state index is 12.9. The third-order valence-electron chi connectivity index (χ3n) is 4.26. The van der Waals surface area contributed by atoms with E-state index >= 15 is 0 Å². The maximum absolute atomic E-state index is 12.9. The van der Waals surface area contributed by atoms with Crippen LogP contribution in [0.5, 0.6) is 0 Å². The van der Waals surface area contributed by atoms with E-state index in [2.05, 4.69) is 10.6 Å². The quantitative estimate of drug-likeness (QED) is 0.745. The Morgan fingerprint density at radius 1 is 1.08 bits per heavy atom. The van der Waals surface area contributed by atoms with Gasteiger partial charge in [-0.2, -0.15) is 0 Å². The second-order valence-corrected chi connectivity index (χ2v) is 7.03. The SMILES string of the molecule is Cc1c(Cl)cccc1NC(=O)C(C)(C)C(=O)NCCc1ccc(F)cc1. The fourth-order valence-corrected chi connectivity index (χ4v) is 2.49. The fraction of sp³-hybridized carbons (Fsp3) is 0.300. The first kappa shape index (κ1) is 19.9. The molecule has 0 unspecified atom stereocenters. The van der Waals surface area contributed by atoms with Gasteiger partial charge in [0.2, 0.25) is 11.8 Å². The number of hydrogen-bond acceptors (Lipinski definition) is 2. The number of halogens is 2. The van der Waals surface area contributed by atoms with Crippen molar-refractivity contribution >= 4 is 29.1 Å². The lowest BCUT2D eigenvalue weighted by Crippen LogP contribution is -2.45. The average Bonchev–Trinajstić information content (AvgIpc) is 2.60. The van der Waals surface area contributed by atoms with Gasteiger partial charge in [-0.15, -0.1) is 0 Å². The number of nitrogens with one attached hydrogen (secondary N) is 2. The van der Waals surface area contributed by atoms with Gasteiger partial charge in [0.05, 0.1) is 0 Å². The third kappa shape index (κ3) is 4.82. The van der Waals surface area contributed by atoms with Gasteiger partial charge in [-0.3, -0.25) is 9.59 Å². The van der Waals surface area contributed by atoms with Gasteiger partial charge in [-0.1, -0.05) is 29.8 Å². The first-order valence-corrected chi connectivity index (χ1v) is 8.69. The van der Waals surface area contributed by atoms with Crippen molar-refractivity contribution in [3.05, 3.63) is 64.4 Å². The monoisotopic (exact) mass is 376 g/mol. The van der Waals surface area contributed by atoms with Gasteiger partial charge in [-0.05, 0) is 62.6 Å². The van der Waals surface area contributed by atoms with Gasteiger partial charge in [0.15, 0.2) is 0 Å². The summed E-state index contributed by atoms with van der Waals surface area (Å²) in [6.45, 7) is 5.29. The summed E-state index contributed by atoms with van der Waals surface area (Å²) in [5, 5.41) is 6.07. The Morgan fingerprint density at radius 2 is 1.73 bits per heavy atom. The van der Waals surface area contributed by atoms with Gasteiger partial charge < -0.3 is 10.6 Å². The lowest BCUT2D eigenvalue weighted by Gasteiger charge is -2.23. The number of hydrogen-bond donors (Lipinski definition) is 2. The topological polar surface area (TPSA) is 58.2 Å². The van der Waals surface area contributed by atoms with E-state index < -0.39 is 11.3 Å². The summed E-state index contributed by atoms with van der Waals surface area (Å²) >= 11 is 6.06. The molecule has 0 aliphatic rings. The Labute approximate surface area is 157 Å². The summed E-state index contributed by atoms with van der Waals surface area (Å²) in [4.78, 5) is 25.0. The van der Waals surface area contributed by atoms with Crippen molar-refractivity contribution in [3.8, 4) is 0 Å². The molecule has 0 heterocycles. The predicted octanol–water partition coefficient (Wildman–Crippen LogP) is 4.11. The van der Waals surface area contributed by atoms with E-state index in [4.69, 9.17) is 11.6 Å². The molecule has 4 nitrogen and oxygen atoms in total. The van der Waals surface area contributed by atoms with Gasteiger partial charge in [0.1, 0.15) is 11.2 Å². The highest BCUT2D eigenvalue weighted by molar-refractivity contribution is 6.31. The maximum Gasteiger partial charge on any atom is 0.239 e. The number of anilines is 1. The molecule has 0 saturated carbocycles. The number of carbonyl (C=O) groups is 2. The van der Waals surface area contributed by atoms with Crippen LogP contribution in [-0.4, -0.2) is 18.4 Å². The third-order valence-corrected chi connectivity index (χ3v) is 4.67. The van der Waals surface area contributed by atoms with Crippen LogP contribution in [0.2, 0.25) is 5.02 Å². The van der Waals surface area contributed by atoms with E-state index in [-0.39, 0.29) is 11.7 Å². The zero-order chi connectivity index (χ0) is 19.3. The summed E-state index contributed by atoms with van der Waals surface area (Å²) in [6.07, 6.45) is 0.553. The summed E-state index contributed by atoms with van der Waals surface area (Å²) in [7, 11) is 0.